The summed E-state index contributed by atoms with van der Waals surface area (Å²) in [6.45, 7) is 0. The van der Waals surface area contributed by atoms with E-state index in [0.717, 1.165) is 44.1 Å². The summed E-state index contributed by atoms with van der Waals surface area (Å²) in [4.78, 5) is 0. The highest BCUT2D eigenvalue weighted by molar-refractivity contribution is 8.80. The van der Waals surface area contributed by atoms with Gasteiger partial charge in [-0.05, 0) is 0 Å². The number of hydrogen-bond acceptors (Lipinski definition) is 7. The van der Waals surface area contributed by atoms with Crippen molar-refractivity contribution in [3.8, 4) is 0 Å². The van der Waals surface area contributed by atoms with Crippen LogP contribution in [0, 0.1) is 0 Å². The third kappa shape index (κ3) is 7.28. The lowest BCUT2D eigenvalue weighted by atomic mass is 14.0. The minimum atomic E-state index is 1.05. The summed E-state index contributed by atoms with van der Waals surface area (Å²) < 4.78 is 4.64. The molecule has 7 heavy (non-hydrogen) atoms. The zero-order valence-electron chi connectivity index (χ0n) is 3.20. The van der Waals surface area contributed by atoms with Gasteiger partial charge in [-0.25, -0.2) is 3.63 Å². The number of rotatable bonds is 4. The quantitative estimate of drug-likeness (QED) is 0.290. The van der Waals surface area contributed by atoms with Gasteiger partial charge in [-0.1, -0.05) is 0 Å². The van der Waals surface area contributed by atoms with E-state index >= 15 is 0 Å². The Hall–Kier alpha value is 1.28. The SMILES string of the molecule is NSSOSSN. The van der Waals surface area contributed by atoms with Crippen LogP contribution in [0.5, 0.6) is 0 Å². The molecule has 0 radical (unpaired) electrons. The van der Waals surface area contributed by atoms with E-state index in [1.807, 2.05) is 0 Å². The average molecular weight is 176 g/mol. The fourth-order valence-corrected chi connectivity index (χ4v) is 1.78. The molecule has 0 aliphatic rings. The van der Waals surface area contributed by atoms with E-state index in [1.165, 1.54) is 0 Å². The van der Waals surface area contributed by atoms with Crippen molar-refractivity contribution in [1.82, 2.24) is 0 Å². The molecular formula is H4N2OS4. The number of hydrogen-bond donors (Lipinski definition) is 2. The van der Waals surface area contributed by atoms with E-state index < -0.39 is 0 Å². The van der Waals surface area contributed by atoms with Crippen LogP contribution >= 0.6 is 44.1 Å². The molecule has 0 saturated heterocycles. The van der Waals surface area contributed by atoms with Gasteiger partial charge in [-0.3, -0.25) is 10.3 Å². The molecule has 0 heterocycles. The molecular weight excluding hydrogens is 172 g/mol. The second-order valence-electron chi connectivity index (χ2n) is 0.397. The lowest BCUT2D eigenvalue weighted by Crippen LogP contribution is -1.70. The van der Waals surface area contributed by atoms with Crippen LogP contribution in [0.4, 0.5) is 0 Å². The van der Waals surface area contributed by atoms with E-state index in [1.54, 1.807) is 0 Å². The van der Waals surface area contributed by atoms with Crippen molar-refractivity contribution >= 4 is 44.1 Å². The first-order valence-electron chi connectivity index (χ1n) is 1.14. The lowest BCUT2D eigenvalue weighted by Gasteiger charge is -1.88. The molecule has 0 unspecified atom stereocenters. The van der Waals surface area contributed by atoms with Gasteiger partial charge in [0.05, 0.1) is 22.1 Å². The Morgan fingerprint density at radius 1 is 1.00 bits per heavy atom. The second kappa shape index (κ2) is 7.28. The zero-order valence-corrected chi connectivity index (χ0v) is 6.46. The van der Waals surface area contributed by atoms with Gasteiger partial charge in [0, 0.05) is 22.0 Å². The predicted molar refractivity (Wildman–Crippen MR) is 39.8 cm³/mol. The van der Waals surface area contributed by atoms with Crippen molar-refractivity contribution in [2.75, 3.05) is 0 Å². The van der Waals surface area contributed by atoms with Gasteiger partial charge in [0.25, 0.3) is 0 Å². The molecule has 0 aromatic heterocycles. The average Bonchev–Trinajstić information content (AvgIpc) is 1.69. The molecule has 0 aliphatic heterocycles. The van der Waals surface area contributed by atoms with Crippen molar-refractivity contribution in [1.29, 1.82) is 0 Å². The molecule has 0 rings (SSSR count). The molecule has 0 atom stereocenters. The van der Waals surface area contributed by atoms with Gasteiger partial charge in [0.1, 0.15) is 0 Å². The van der Waals surface area contributed by atoms with Gasteiger partial charge in [-0.2, -0.15) is 0 Å². The largest absolute Gasteiger partial charge is 0.267 e. The summed E-state index contributed by atoms with van der Waals surface area (Å²) in [6.07, 6.45) is 0. The summed E-state index contributed by atoms with van der Waals surface area (Å²) in [6, 6.07) is 0. The van der Waals surface area contributed by atoms with Crippen molar-refractivity contribution in [3.63, 3.8) is 0 Å². The van der Waals surface area contributed by atoms with E-state index in [4.69, 9.17) is 10.3 Å². The molecule has 0 bridgehead atoms. The van der Waals surface area contributed by atoms with E-state index in [2.05, 4.69) is 3.63 Å². The summed E-state index contributed by atoms with van der Waals surface area (Å²) in [5, 5.41) is 9.92. The Bertz CT molecular complexity index is 28.9. The first-order valence-corrected chi connectivity index (χ1v) is 5.41. The van der Waals surface area contributed by atoms with Crippen LogP contribution in [0.15, 0.2) is 0 Å². The molecule has 0 spiro atoms. The Labute approximate surface area is 58.1 Å². The third-order valence-corrected chi connectivity index (χ3v) is 2.21. The maximum Gasteiger partial charge on any atom is 0.0952 e. The maximum absolute atomic E-state index is 4.96. The summed E-state index contributed by atoms with van der Waals surface area (Å²) in [7, 11) is 2.09. The summed E-state index contributed by atoms with van der Waals surface area (Å²) in [5.74, 6) is 0. The lowest BCUT2D eigenvalue weighted by molar-refractivity contribution is 0.784. The Morgan fingerprint density at radius 3 is 1.71 bits per heavy atom. The molecule has 0 aliphatic carbocycles. The first kappa shape index (κ1) is 8.28. The Kier molecular flexibility index (Phi) is 8.61. The molecule has 7 heteroatoms. The Morgan fingerprint density at radius 2 is 1.43 bits per heavy atom. The molecule has 44 valence electrons. The number of nitrogens with two attached hydrogens (primary N) is 2. The van der Waals surface area contributed by atoms with Crippen LogP contribution in [-0.2, 0) is 3.63 Å². The molecule has 3 nitrogen and oxygen atoms in total. The van der Waals surface area contributed by atoms with Crippen LogP contribution in [0.2, 0.25) is 0 Å². The third-order valence-electron chi connectivity index (χ3n) is 0.134. The first-order chi connectivity index (χ1) is 3.41. The van der Waals surface area contributed by atoms with Gasteiger partial charge >= 0.3 is 0 Å². The van der Waals surface area contributed by atoms with Gasteiger partial charge in [-0.15, -0.1) is 0 Å². The molecule has 0 aromatic rings. The fraction of sp³-hybridized carbons (Fsp3) is 0. The maximum atomic E-state index is 4.96. The topological polar surface area (TPSA) is 61.3 Å². The Balaban J connectivity index is 2.45. The van der Waals surface area contributed by atoms with E-state index in [9.17, 15) is 0 Å². The van der Waals surface area contributed by atoms with Crippen molar-refractivity contribution in [2.45, 2.75) is 0 Å². The molecule has 0 fully saturated rings. The second-order valence-corrected chi connectivity index (χ2v) is 3.57. The van der Waals surface area contributed by atoms with Gasteiger partial charge in [0.2, 0.25) is 0 Å². The van der Waals surface area contributed by atoms with Crippen LogP contribution < -0.4 is 10.3 Å². The smallest absolute Gasteiger partial charge is 0.0952 e. The molecule has 0 amide bonds. The van der Waals surface area contributed by atoms with Crippen LogP contribution in [0.3, 0.4) is 0 Å². The summed E-state index contributed by atoms with van der Waals surface area (Å²) >= 11 is 2.18. The molecule has 0 aromatic carbocycles. The van der Waals surface area contributed by atoms with Crippen molar-refractivity contribution in [2.24, 2.45) is 10.3 Å². The zero-order chi connectivity index (χ0) is 5.54. The monoisotopic (exact) mass is 176 g/mol. The molecule has 0 saturated carbocycles. The highest BCUT2D eigenvalue weighted by atomic mass is 33.2. The highest BCUT2D eigenvalue weighted by Gasteiger charge is 1.83. The van der Waals surface area contributed by atoms with E-state index in [0.29, 0.717) is 0 Å². The molecule has 4 N–H and O–H groups in total. The van der Waals surface area contributed by atoms with Crippen molar-refractivity contribution < 1.29 is 3.63 Å². The van der Waals surface area contributed by atoms with Crippen LogP contribution in [-0.4, -0.2) is 0 Å². The minimum Gasteiger partial charge on any atom is -0.267 e. The van der Waals surface area contributed by atoms with Crippen LogP contribution in [0.1, 0.15) is 0 Å². The fourth-order valence-electron chi connectivity index (χ4n) is 0.0434. The van der Waals surface area contributed by atoms with Crippen molar-refractivity contribution in [3.05, 3.63) is 0 Å². The predicted octanol–water partition coefficient (Wildman–Crippen LogP) is 1.34. The van der Waals surface area contributed by atoms with Gasteiger partial charge < -0.3 is 0 Å². The minimum absolute atomic E-state index is 1.05. The van der Waals surface area contributed by atoms with Gasteiger partial charge in [0.15, 0.2) is 0 Å². The highest BCUT2D eigenvalue weighted by Crippen LogP contribution is 2.27. The summed E-state index contributed by atoms with van der Waals surface area (Å²) in [5.41, 5.74) is 0. The standard InChI is InChI=1S/H4N2OS4/c1-4-6-3-7-5-2/h1-2H2. The van der Waals surface area contributed by atoms with E-state index in [-0.39, 0.29) is 0 Å². The van der Waals surface area contributed by atoms with Crippen LogP contribution in [0.25, 0.3) is 0 Å². The normalized spacial score (nSPS) is 9.43.